The lowest BCUT2D eigenvalue weighted by Gasteiger charge is -2.13. The molecule has 0 saturated carbocycles. The van der Waals surface area contributed by atoms with Crippen molar-refractivity contribution in [2.24, 2.45) is 5.84 Å². The van der Waals surface area contributed by atoms with Gasteiger partial charge < -0.3 is 5.43 Å². The van der Waals surface area contributed by atoms with Crippen molar-refractivity contribution >= 4 is 28.2 Å². The van der Waals surface area contributed by atoms with Crippen LogP contribution in [0.25, 0.3) is 10.9 Å². The van der Waals surface area contributed by atoms with E-state index in [1.807, 2.05) is 25.1 Å². The van der Waals surface area contributed by atoms with Crippen molar-refractivity contribution < 1.29 is 0 Å². The van der Waals surface area contributed by atoms with Crippen LogP contribution in [0.5, 0.6) is 0 Å². The van der Waals surface area contributed by atoms with E-state index in [2.05, 4.69) is 24.3 Å². The number of rotatable bonds is 2. The van der Waals surface area contributed by atoms with Crippen LogP contribution in [0.4, 0.5) is 5.69 Å². The maximum Gasteiger partial charge on any atom is 0.0756 e. The van der Waals surface area contributed by atoms with Crippen LogP contribution in [0, 0.1) is 6.92 Å². The number of hydrogen-bond acceptors (Lipinski definition) is 3. The van der Waals surface area contributed by atoms with Crippen molar-refractivity contribution in [1.29, 1.82) is 0 Å². The van der Waals surface area contributed by atoms with Gasteiger partial charge in [-0.2, -0.15) is 0 Å². The van der Waals surface area contributed by atoms with Gasteiger partial charge in [-0.05, 0) is 36.6 Å². The number of hydrazine groups is 1. The van der Waals surface area contributed by atoms with Crippen LogP contribution >= 0.6 is 11.6 Å². The minimum atomic E-state index is 0.363. The summed E-state index contributed by atoms with van der Waals surface area (Å²) in [7, 11) is 0. The Balaban J connectivity index is 2.82. The molecule has 4 heteroatoms. The number of fused-ring (bicyclic) bond motifs is 1. The van der Waals surface area contributed by atoms with Gasteiger partial charge in [0.15, 0.2) is 0 Å². The van der Waals surface area contributed by atoms with Gasteiger partial charge in [-0.15, -0.1) is 0 Å². The summed E-state index contributed by atoms with van der Waals surface area (Å²) in [6, 6.07) is 5.78. The first-order valence-corrected chi connectivity index (χ1v) is 5.98. The molecule has 0 amide bonds. The second-order valence-electron chi connectivity index (χ2n) is 4.51. The molecule has 0 bridgehead atoms. The molecule has 0 atom stereocenters. The highest BCUT2D eigenvalue weighted by atomic mass is 35.5. The second-order valence-corrected chi connectivity index (χ2v) is 4.95. The lowest BCUT2D eigenvalue weighted by Crippen LogP contribution is -2.09. The summed E-state index contributed by atoms with van der Waals surface area (Å²) in [6.45, 7) is 6.23. The average Bonchev–Trinajstić information content (AvgIpc) is 2.27. The Kier molecular flexibility index (Phi) is 3.22. The molecule has 0 unspecified atom stereocenters. The number of hydrogen-bond donors (Lipinski definition) is 2. The zero-order valence-corrected chi connectivity index (χ0v) is 11.0. The molecular weight excluding hydrogens is 234 g/mol. The van der Waals surface area contributed by atoms with Crippen molar-refractivity contribution in [3.8, 4) is 0 Å². The van der Waals surface area contributed by atoms with Crippen LogP contribution in [-0.2, 0) is 0 Å². The Bertz CT molecular complexity index is 564. The summed E-state index contributed by atoms with van der Waals surface area (Å²) < 4.78 is 0. The van der Waals surface area contributed by atoms with Crippen molar-refractivity contribution in [1.82, 2.24) is 4.98 Å². The van der Waals surface area contributed by atoms with Crippen LogP contribution in [0.15, 0.2) is 18.2 Å². The van der Waals surface area contributed by atoms with E-state index in [-0.39, 0.29) is 0 Å². The van der Waals surface area contributed by atoms with Crippen molar-refractivity contribution in [3.05, 3.63) is 34.5 Å². The molecule has 0 aliphatic carbocycles. The molecule has 0 spiro atoms. The molecule has 0 radical (unpaired) electrons. The zero-order chi connectivity index (χ0) is 12.6. The number of nitrogens with two attached hydrogens (primary N) is 1. The van der Waals surface area contributed by atoms with Gasteiger partial charge >= 0.3 is 0 Å². The lowest BCUT2D eigenvalue weighted by atomic mass is 10.0. The monoisotopic (exact) mass is 249 g/mol. The van der Waals surface area contributed by atoms with Gasteiger partial charge in [-0.3, -0.25) is 10.8 Å². The molecule has 0 fully saturated rings. The first-order chi connectivity index (χ1) is 8.02. The van der Waals surface area contributed by atoms with Crippen LogP contribution in [0.1, 0.15) is 31.0 Å². The highest BCUT2D eigenvalue weighted by molar-refractivity contribution is 6.31. The Hall–Kier alpha value is -1.32. The van der Waals surface area contributed by atoms with E-state index in [1.165, 1.54) is 0 Å². The predicted octanol–water partition coefficient (Wildman–Crippen LogP) is 3.61. The van der Waals surface area contributed by atoms with E-state index in [9.17, 15) is 0 Å². The van der Waals surface area contributed by atoms with Gasteiger partial charge in [0, 0.05) is 16.1 Å². The van der Waals surface area contributed by atoms with Crippen LogP contribution in [0.3, 0.4) is 0 Å². The first kappa shape index (κ1) is 12.1. The molecule has 3 N–H and O–H groups in total. The van der Waals surface area contributed by atoms with Gasteiger partial charge in [-0.1, -0.05) is 25.4 Å². The van der Waals surface area contributed by atoms with E-state index in [0.29, 0.717) is 10.9 Å². The molecule has 17 heavy (non-hydrogen) atoms. The maximum absolute atomic E-state index is 6.06. The molecule has 1 heterocycles. The second kappa shape index (κ2) is 4.51. The quantitative estimate of drug-likeness (QED) is 0.632. The number of pyridine rings is 1. The topological polar surface area (TPSA) is 50.9 Å². The summed E-state index contributed by atoms with van der Waals surface area (Å²) in [5.74, 6) is 5.93. The Morgan fingerprint density at radius 2 is 2.00 bits per heavy atom. The minimum absolute atomic E-state index is 0.363. The molecule has 2 rings (SSSR count). The van der Waals surface area contributed by atoms with Gasteiger partial charge in [-0.25, -0.2) is 0 Å². The summed E-state index contributed by atoms with van der Waals surface area (Å²) >= 11 is 6.06. The fourth-order valence-electron chi connectivity index (χ4n) is 1.89. The number of aryl methyl sites for hydroxylation is 1. The van der Waals surface area contributed by atoms with E-state index < -0.39 is 0 Å². The number of benzene rings is 1. The van der Waals surface area contributed by atoms with Crippen LogP contribution < -0.4 is 11.3 Å². The van der Waals surface area contributed by atoms with Crippen molar-refractivity contribution in [2.75, 3.05) is 5.43 Å². The van der Waals surface area contributed by atoms with E-state index >= 15 is 0 Å². The summed E-state index contributed by atoms with van der Waals surface area (Å²) in [5, 5.41) is 1.66. The molecule has 0 aliphatic rings. The lowest BCUT2D eigenvalue weighted by molar-refractivity contribution is 0.830. The number of nitrogen functional groups attached to an aromatic ring is 1. The van der Waals surface area contributed by atoms with Crippen LogP contribution in [-0.4, -0.2) is 4.98 Å². The van der Waals surface area contributed by atoms with E-state index in [0.717, 1.165) is 27.8 Å². The zero-order valence-electron chi connectivity index (χ0n) is 10.2. The fourth-order valence-corrected chi connectivity index (χ4v) is 2.16. The highest BCUT2D eigenvalue weighted by Crippen LogP contribution is 2.30. The molecule has 1 aromatic carbocycles. The molecule has 2 aromatic rings. The van der Waals surface area contributed by atoms with Gasteiger partial charge in [0.1, 0.15) is 0 Å². The third-order valence-electron chi connectivity index (χ3n) is 2.84. The Morgan fingerprint density at radius 1 is 1.29 bits per heavy atom. The number of anilines is 1. The number of nitrogens with zero attached hydrogens (tertiary/aromatic N) is 1. The third-order valence-corrected chi connectivity index (χ3v) is 3.05. The normalized spacial score (nSPS) is 11.2. The molecule has 90 valence electrons. The van der Waals surface area contributed by atoms with Gasteiger partial charge in [0.05, 0.1) is 11.2 Å². The molecule has 0 saturated heterocycles. The summed E-state index contributed by atoms with van der Waals surface area (Å²) in [4.78, 5) is 4.67. The first-order valence-electron chi connectivity index (χ1n) is 5.60. The highest BCUT2D eigenvalue weighted by Gasteiger charge is 2.10. The predicted molar refractivity (Wildman–Crippen MR) is 73.4 cm³/mol. The smallest absolute Gasteiger partial charge is 0.0756 e. The Labute approximate surface area is 106 Å². The van der Waals surface area contributed by atoms with E-state index in [1.54, 1.807) is 0 Å². The van der Waals surface area contributed by atoms with Crippen molar-refractivity contribution in [3.63, 3.8) is 0 Å². The number of halogens is 1. The average molecular weight is 250 g/mol. The largest absolute Gasteiger partial charge is 0.323 e. The molecule has 3 nitrogen and oxygen atoms in total. The summed E-state index contributed by atoms with van der Waals surface area (Å²) in [5.41, 5.74) is 6.62. The van der Waals surface area contributed by atoms with Gasteiger partial charge in [0.25, 0.3) is 0 Å². The Morgan fingerprint density at radius 3 is 2.59 bits per heavy atom. The maximum atomic E-state index is 6.06. The number of nitrogens with one attached hydrogen (secondary N) is 1. The third kappa shape index (κ3) is 2.21. The van der Waals surface area contributed by atoms with Crippen LogP contribution in [0.2, 0.25) is 5.02 Å². The SMILES string of the molecule is Cc1cc(Cl)cc2c(NN)cc(C(C)C)nc12. The van der Waals surface area contributed by atoms with Crippen molar-refractivity contribution in [2.45, 2.75) is 26.7 Å². The number of aromatic nitrogens is 1. The van der Waals surface area contributed by atoms with Gasteiger partial charge in [0.2, 0.25) is 0 Å². The van der Waals surface area contributed by atoms with E-state index in [4.69, 9.17) is 17.4 Å². The molecule has 0 aliphatic heterocycles. The minimum Gasteiger partial charge on any atom is -0.323 e. The molecular formula is C13H16ClN3. The standard InChI is InChI=1S/C13H16ClN3/c1-7(2)11-6-12(17-15)10-5-9(14)4-8(3)13(10)16-11/h4-7H,15H2,1-3H3,(H,16,17). The fraction of sp³-hybridized carbons (Fsp3) is 0.308. The molecule has 1 aromatic heterocycles. The summed E-state index contributed by atoms with van der Waals surface area (Å²) in [6.07, 6.45) is 0.